The molecule has 3 rings (SSSR count). The highest BCUT2D eigenvalue weighted by molar-refractivity contribution is 7.89. The van der Waals surface area contributed by atoms with Gasteiger partial charge in [-0.25, -0.2) is 17.2 Å². The number of hydrogen-bond donors (Lipinski definition) is 0. The number of benzene rings is 1. The molecule has 23 heavy (non-hydrogen) atoms. The van der Waals surface area contributed by atoms with Crippen molar-refractivity contribution in [2.45, 2.75) is 4.90 Å². The molecule has 1 aromatic heterocycles. The van der Waals surface area contributed by atoms with Crippen LogP contribution in [-0.2, 0) is 10.0 Å². The van der Waals surface area contributed by atoms with Gasteiger partial charge in [0.05, 0.1) is 0 Å². The van der Waals surface area contributed by atoms with E-state index in [9.17, 15) is 17.2 Å². The van der Waals surface area contributed by atoms with Crippen LogP contribution in [-0.4, -0.2) is 49.1 Å². The van der Waals surface area contributed by atoms with Gasteiger partial charge in [-0.05, 0) is 24.3 Å². The SMILES string of the molecule is O=S(=O)(c1ccc(F)cc1F)N1CCN(c2cccnn2)CC1. The van der Waals surface area contributed by atoms with E-state index in [1.54, 1.807) is 18.3 Å². The van der Waals surface area contributed by atoms with E-state index in [0.29, 0.717) is 25.0 Å². The minimum absolute atomic E-state index is 0.190. The van der Waals surface area contributed by atoms with Gasteiger partial charge in [-0.1, -0.05) is 0 Å². The maximum absolute atomic E-state index is 13.8. The summed E-state index contributed by atoms with van der Waals surface area (Å²) in [7, 11) is -3.99. The zero-order chi connectivity index (χ0) is 16.4. The predicted octanol–water partition coefficient (Wildman–Crippen LogP) is 1.27. The van der Waals surface area contributed by atoms with E-state index in [1.165, 1.54) is 4.31 Å². The summed E-state index contributed by atoms with van der Waals surface area (Å²) in [5.74, 6) is -1.23. The Kier molecular flexibility index (Phi) is 4.22. The van der Waals surface area contributed by atoms with Crippen molar-refractivity contribution in [3.63, 3.8) is 0 Å². The lowest BCUT2D eigenvalue weighted by Crippen LogP contribution is -2.49. The van der Waals surface area contributed by atoms with Crippen LogP contribution < -0.4 is 4.90 Å². The first kappa shape index (κ1) is 15.8. The van der Waals surface area contributed by atoms with E-state index in [1.807, 2.05) is 4.90 Å². The number of rotatable bonds is 3. The molecule has 1 aromatic carbocycles. The second-order valence-electron chi connectivity index (χ2n) is 5.05. The van der Waals surface area contributed by atoms with Crippen molar-refractivity contribution in [3.8, 4) is 0 Å². The van der Waals surface area contributed by atoms with Gasteiger partial charge in [0.15, 0.2) is 5.82 Å². The first-order valence-corrected chi connectivity index (χ1v) is 8.40. The number of aromatic nitrogens is 2. The Labute approximate surface area is 132 Å². The molecule has 2 heterocycles. The summed E-state index contributed by atoms with van der Waals surface area (Å²) in [6, 6.07) is 6.00. The highest BCUT2D eigenvalue weighted by Crippen LogP contribution is 2.22. The smallest absolute Gasteiger partial charge is 0.246 e. The second-order valence-corrected chi connectivity index (χ2v) is 6.95. The summed E-state index contributed by atoms with van der Waals surface area (Å²) < 4.78 is 52.9. The molecule has 9 heteroatoms. The van der Waals surface area contributed by atoms with Crippen molar-refractivity contribution in [3.05, 3.63) is 48.2 Å². The maximum Gasteiger partial charge on any atom is 0.246 e. The zero-order valence-corrected chi connectivity index (χ0v) is 12.9. The van der Waals surface area contributed by atoms with Crippen LogP contribution in [0.15, 0.2) is 41.4 Å². The Morgan fingerprint density at radius 3 is 2.39 bits per heavy atom. The number of hydrogen-bond acceptors (Lipinski definition) is 5. The number of piperazine rings is 1. The highest BCUT2D eigenvalue weighted by Gasteiger charge is 2.31. The van der Waals surface area contributed by atoms with Gasteiger partial charge in [-0.2, -0.15) is 9.40 Å². The van der Waals surface area contributed by atoms with Crippen molar-refractivity contribution < 1.29 is 17.2 Å². The first-order valence-electron chi connectivity index (χ1n) is 6.96. The Hall–Kier alpha value is -2.13. The third-order valence-electron chi connectivity index (χ3n) is 3.63. The van der Waals surface area contributed by atoms with E-state index in [-0.39, 0.29) is 13.1 Å². The normalized spacial score (nSPS) is 16.5. The molecule has 0 aliphatic carbocycles. The number of anilines is 1. The summed E-state index contributed by atoms with van der Waals surface area (Å²) >= 11 is 0. The number of halogens is 2. The van der Waals surface area contributed by atoms with Gasteiger partial charge in [0.1, 0.15) is 16.5 Å². The first-order chi connectivity index (χ1) is 11.0. The van der Waals surface area contributed by atoms with Crippen molar-refractivity contribution >= 4 is 15.8 Å². The van der Waals surface area contributed by atoms with Crippen LogP contribution in [0.25, 0.3) is 0 Å². The zero-order valence-electron chi connectivity index (χ0n) is 12.1. The summed E-state index contributed by atoms with van der Waals surface area (Å²) in [6.07, 6.45) is 1.56. The molecule has 0 bridgehead atoms. The highest BCUT2D eigenvalue weighted by atomic mass is 32.2. The Balaban J connectivity index is 1.76. The minimum Gasteiger partial charge on any atom is -0.352 e. The van der Waals surface area contributed by atoms with Gasteiger partial charge < -0.3 is 4.90 Å². The molecule has 0 unspecified atom stereocenters. The van der Waals surface area contributed by atoms with Crippen molar-refractivity contribution in [2.75, 3.05) is 31.1 Å². The van der Waals surface area contributed by atoms with Gasteiger partial charge in [0.2, 0.25) is 10.0 Å². The summed E-state index contributed by atoms with van der Waals surface area (Å²) in [5, 5.41) is 7.76. The topological polar surface area (TPSA) is 66.4 Å². The van der Waals surface area contributed by atoms with Crippen LogP contribution in [0.2, 0.25) is 0 Å². The molecule has 1 saturated heterocycles. The summed E-state index contributed by atoms with van der Waals surface area (Å²) in [6.45, 7) is 1.22. The van der Waals surface area contributed by atoms with E-state index in [2.05, 4.69) is 10.2 Å². The molecule has 122 valence electrons. The van der Waals surface area contributed by atoms with Gasteiger partial charge in [-0.3, -0.25) is 0 Å². The number of sulfonamides is 1. The Morgan fingerprint density at radius 2 is 1.78 bits per heavy atom. The van der Waals surface area contributed by atoms with Crippen molar-refractivity contribution in [1.29, 1.82) is 0 Å². The third-order valence-corrected chi connectivity index (χ3v) is 5.56. The van der Waals surface area contributed by atoms with Gasteiger partial charge >= 0.3 is 0 Å². The third kappa shape index (κ3) is 3.15. The lowest BCUT2D eigenvalue weighted by atomic mass is 10.3. The molecule has 0 saturated carbocycles. The van der Waals surface area contributed by atoms with Crippen molar-refractivity contribution in [1.82, 2.24) is 14.5 Å². The fourth-order valence-electron chi connectivity index (χ4n) is 2.44. The van der Waals surface area contributed by atoms with Crippen LogP contribution in [0, 0.1) is 11.6 Å². The molecule has 6 nitrogen and oxygen atoms in total. The lowest BCUT2D eigenvalue weighted by molar-refractivity contribution is 0.380. The van der Waals surface area contributed by atoms with Gasteiger partial charge in [0, 0.05) is 38.4 Å². The minimum atomic E-state index is -3.99. The van der Waals surface area contributed by atoms with Gasteiger partial charge in [0.25, 0.3) is 0 Å². The predicted molar refractivity (Wildman–Crippen MR) is 79.4 cm³/mol. The van der Waals surface area contributed by atoms with E-state index >= 15 is 0 Å². The van der Waals surface area contributed by atoms with Crippen molar-refractivity contribution in [2.24, 2.45) is 0 Å². The van der Waals surface area contributed by atoms with E-state index in [0.717, 1.165) is 12.1 Å². The molecule has 0 N–H and O–H groups in total. The summed E-state index contributed by atoms with van der Waals surface area (Å²) in [5.41, 5.74) is 0. The lowest BCUT2D eigenvalue weighted by Gasteiger charge is -2.34. The van der Waals surface area contributed by atoms with Crippen LogP contribution in [0.4, 0.5) is 14.6 Å². The molecular weight excluding hydrogens is 326 g/mol. The molecule has 1 fully saturated rings. The average molecular weight is 340 g/mol. The molecule has 1 aliphatic heterocycles. The standard InChI is InChI=1S/C14H14F2N4O2S/c15-11-3-4-13(12(16)10-11)23(21,22)20-8-6-19(7-9-20)14-2-1-5-17-18-14/h1-5,10H,6-9H2. The van der Waals surface area contributed by atoms with Crippen LogP contribution in [0.1, 0.15) is 0 Å². The quantitative estimate of drug-likeness (QED) is 0.842. The molecule has 0 amide bonds. The fourth-order valence-corrected chi connectivity index (χ4v) is 3.91. The molecule has 0 spiro atoms. The fraction of sp³-hybridized carbons (Fsp3) is 0.286. The molecular formula is C14H14F2N4O2S. The number of nitrogens with zero attached hydrogens (tertiary/aromatic N) is 4. The van der Waals surface area contributed by atoms with Crippen LogP contribution >= 0.6 is 0 Å². The maximum atomic E-state index is 13.8. The van der Waals surface area contributed by atoms with Crippen LogP contribution in [0.5, 0.6) is 0 Å². The van der Waals surface area contributed by atoms with E-state index in [4.69, 9.17) is 0 Å². The average Bonchev–Trinajstić information content (AvgIpc) is 2.55. The Morgan fingerprint density at radius 1 is 1.04 bits per heavy atom. The second kappa shape index (κ2) is 6.17. The molecule has 1 aliphatic rings. The Bertz CT molecular complexity index is 794. The molecule has 0 atom stereocenters. The summed E-state index contributed by atoms with van der Waals surface area (Å²) in [4.78, 5) is 1.40. The monoisotopic (exact) mass is 340 g/mol. The molecule has 0 radical (unpaired) electrons. The van der Waals surface area contributed by atoms with Gasteiger partial charge in [-0.15, -0.1) is 5.10 Å². The molecule has 2 aromatic rings. The van der Waals surface area contributed by atoms with Crippen LogP contribution in [0.3, 0.4) is 0 Å². The van der Waals surface area contributed by atoms with E-state index < -0.39 is 26.6 Å². The largest absolute Gasteiger partial charge is 0.352 e.